The molecule has 0 aromatic carbocycles. The first-order valence-corrected chi connectivity index (χ1v) is 6.83. The van der Waals surface area contributed by atoms with Crippen LogP contribution in [0.2, 0.25) is 0 Å². The van der Waals surface area contributed by atoms with Crippen molar-refractivity contribution in [3.8, 4) is 5.88 Å². The van der Waals surface area contributed by atoms with E-state index in [0.717, 1.165) is 0 Å². The van der Waals surface area contributed by atoms with Gasteiger partial charge in [-0.3, -0.25) is 4.79 Å². The summed E-state index contributed by atoms with van der Waals surface area (Å²) in [4.78, 5) is 15.9. The third-order valence-electron chi connectivity index (χ3n) is 2.85. The van der Waals surface area contributed by atoms with Crippen molar-refractivity contribution in [2.75, 3.05) is 6.61 Å². The van der Waals surface area contributed by atoms with E-state index in [2.05, 4.69) is 15.0 Å². The number of carbonyl (C=O) groups is 1. The highest BCUT2D eigenvalue weighted by atomic mass is 19.4. The second-order valence-electron chi connectivity index (χ2n) is 4.92. The molecule has 0 aliphatic carbocycles. The zero-order chi connectivity index (χ0) is 16.9. The lowest BCUT2D eigenvalue weighted by Crippen LogP contribution is -2.34. The Labute approximate surface area is 130 Å². The molecule has 124 valence electrons. The van der Waals surface area contributed by atoms with Crippen LogP contribution in [-0.2, 0) is 6.42 Å². The van der Waals surface area contributed by atoms with Gasteiger partial charge in [-0.2, -0.15) is 13.2 Å². The molecule has 0 radical (unpaired) electrons. The highest BCUT2D eigenvalue weighted by Gasteiger charge is 2.29. The number of carbonyl (C=O) groups excluding carboxylic acids is 1. The van der Waals surface area contributed by atoms with Crippen molar-refractivity contribution >= 4 is 5.91 Å². The van der Waals surface area contributed by atoms with Gasteiger partial charge in [-0.25, -0.2) is 4.98 Å². The summed E-state index contributed by atoms with van der Waals surface area (Å²) >= 11 is 0. The van der Waals surface area contributed by atoms with Crippen LogP contribution in [0.4, 0.5) is 13.2 Å². The zero-order valence-corrected chi connectivity index (χ0v) is 12.3. The molecule has 23 heavy (non-hydrogen) atoms. The van der Waals surface area contributed by atoms with Gasteiger partial charge >= 0.3 is 6.18 Å². The highest BCUT2D eigenvalue weighted by molar-refractivity contribution is 5.96. The topological polar surface area (TPSA) is 64.4 Å². The molecule has 0 aliphatic rings. The molecule has 0 aliphatic heterocycles. The summed E-state index contributed by atoms with van der Waals surface area (Å²) in [5, 5.41) is 2.67. The fraction of sp³-hybridized carbons (Fsp3) is 0.333. The summed E-state index contributed by atoms with van der Waals surface area (Å²) in [5.74, 6) is -0.223. The third-order valence-corrected chi connectivity index (χ3v) is 2.85. The molecule has 1 amide bonds. The van der Waals surface area contributed by atoms with E-state index in [0.29, 0.717) is 12.2 Å². The minimum absolute atomic E-state index is 0.0527. The van der Waals surface area contributed by atoms with Gasteiger partial charge in [0.15, 0.2) is 6.61 Å². The van der Waals surface area contributed by atoms with E-state index in [1.165, 1.54) is 24.6 Å². The zero-order valence-electron chi connectivity index (χ0n) is 12.3. The predicted molar refractivity (Wildman–Crippen MR) is 75.1 cm³/mol. The van der Waals surface area contributed by atoms with E-state index in [1.807, 2.05) is 0 Å². The molecule has 8 heteroatoms. The minimum Gasteiger partial charge on any atom is -0.469 e. The van der Waals surface area contributed by atoms with E-state index < -0.39 is 18.7 Å². The summed E-state index contributed by atoms with van der Waals surface area (Å²) in [6.07, 6.45) is -1.27. The van der Waals surface area contributed by atoms with Crippen LogP contribution in [0.5, 0.6) is 5.88 Å². The van der Waals surface area contributed by atoms with Crippen LogP contribution in [0.15, 0.2) is 41.1 Å². The highest BCUT2D eigenvalue weighted by Crippen LogP contribution is 2.20. The predicted octanol–water partition coefficient (Wildman–Crippen LogP) is 2.98. The molecule has 5 nitrogen and oxygen atoms in total. The average molecular weight is 328 g/mol. The SMILES string of the molecule is C[C@@H](Cc1ccco1)NC(=O)c1cccnc1OCC(F)(F)F. The lowest BCUT2D eigenvalue weighted by molar-refractivity contribution is -0.154. The Morgan fingerprint density at radius 1 is 1.39 bits per heavy atom. The number of nitrogens with zero attached hydrogens (tertiary/aromatic N) is 1. The second-order valence-corrected chi connectivity index (χ2v) is 4.92. The molecule has 2 rings (SSSR count). The largest absolute Gasteiger partial charge is 0.469 e. The van der Waals surface area contributed by atoms with E-state index in [9.17, 15) is 18.0 Å². The van der Waals surface area contributed by atoms with Gasteiger partial charge in [-0.15, -0.1) is 0 Å². The number of alkyl halides is 3. The number of furan rings is 1. The molecular formula is C15H15F3N2O3. The molecular weight excluding hydrogens is 313 g/mol. The van der Waals surface area contributed by atoms with Gasteiger partial charge in [0.1, 0.15) is 11.3 Å². The standard InChI is InChI=1S/C15H15F3N2O3/c1-10(8-11-4-3-7-22-11)20-13(21)12-5-2-6-19-14(12)23-9-15(16,17)18/h2-7,10H,8-9H2,1H3,(H,20,21)/t10-/m0/s1. The van der Waals surface area contributed by atoms with Crippen LogP contribution in [0.1, 0.15) is 23.0 Å². The van der Waals surface area contributed by atoms with E-state index in [4.69, 9.17) is 4.42 Å². The lowest BCUT2D eigenvalue weighted by Gasteiger charge is -2.15. The van der Waals surface area contributed by atoms with Crippen molar-refractivity contribution in [1.82, 2.24) is 10.3 Å². The maximum Gasteiger partial charge on any atom is 0.422 e. The summed E-state index contributed by atoms with van der Waals surface area (Å²) in [6, 6.07) is 6.03. The van der Waals surface area contributed by atoms with Gasteiger partial charge in [0.25, 0.3) is 5.91 Å². The number of hydrogen-bond acceptors (Lipinski definition) is 4. The van der Waals surface area contributed by atoms with Crippen LogP contribution < -0.4 is 10.1 Å². The summed E-state index contributed by atoms with van der Waals surface area (Å²) < 4.78 is 46.5. The molecule has 0 bridgehead atoms. The third kappa shape index (κ3) is 5.32. The number of rotatable bonds is 6. The quantitative estimate of drug-likeness (QED) is 0.885. The Hall–Kier alpha value is -2.51. The molecule has 0 spiro atoms. The Kier molecular flexibility index (Phi) is 5.25. The van der Waals surface area contributed by atoms with E-state index in [1.54, 1.807) is 19.1 Å². The average Bonchev–Trinajstić information content (AvgIpc) is 2.97. The van der Waals surface area contributed by atoms with Gasteiger partial charge in [-0.05, 0) is 31.2 Å². The van der Waals surface area contributed by atoms with Gasteiger partial charge in [0.2, 0.25) is 5.88 Å². The van der Waals surface area contributed by atoms with Gasteiger partial charge < -0.3 is 14.5 Å². The Bertz CT molecular complexity index is 642. The Morgan fingerprint density at radius 3 is 2.83 bits per heavy atom. The molecule has 1 atom stereocenters. The van der Waals surface area contributed by atoms with Crippen molar-refractivity contribution in [2.24, 2.45) is 0 Å². The maximum atomic E-state index is 12.2. The molecule has 0 saturated carbocycles. The number of hydrogen-bond donors (Lipinski definition) is 1. The Morgan fingerprint density at radius 2 is 2.17 bits per heavy atom. The van der Waals surface area contributed by atoms with Crippen molar-refractivity contribution in [1.29, 1.82) is 0 Å². The molecule has 0 unspecified atom stereocenters. The molecule has 0 saturated heterocycles. The first-order valence-electron chi connectivity index (χ1n) is 6.83. The smallest absolute Gasteiger partial charge is 0.422 e. The van der Waals surface area contributed by atoms with E-state index in [-0.39, 0.29) is 17.5 Å². The molecule has 2 heterocycles. The molecule has 2 aromatic heterocycles. The number of pyridine rings is 1. The molecule has 2 aromatic rings. The van der Waals surface area contributed by atoms with Crippen molar-refractivity contribution in [3.05, 3.63) is 48.0 Å². The first-order chi connectivity index (χ1) is 10.8. The van der Waals surface area contributed by atoms with Crippen LogP contribution in [-0.4, -0.2) is 29.7 Å². The van der Waals surface area contributed by atoms with Crippen molar-refractivity contribution in [2.45, 2.75) is 25.6 Å². The Balaban J connectivity index is 2.01. The summed E-state index contributed by atoms with van der Waals surface area (Å²) in [7, 11) is 0. The number of amides is 1. The monoisotopic (exact) mass is 328 g/mol. The lowest BCUT2D eigenvalue weighted by atomic mass is 10.1. The normalized spacial score (nSPS) is 12.7. The fourth-order valence-corrected chi connectivity index (χ4v) is 1.91. The second kappa shape index (κ2) is 7.17. The minimum atomic E-state index is -4.50. The maximum absolute atomic E-state index is 12.2. The number of aromatic nitrogens is 1. The van der Waals surface area contributed by atoms with Crippen LogP contribution in [0.3, 0.4) is 0 Å². The van der Waals surface area contributed by atoms with Gasteiger partial charge in [-0.1, -0.05) is 0 Å². The number of ether oxygens (including phenoxy) is 1. The number of halogens is 3. The van der Waals surface area contributed by atoms with Gasteiger partial charge in [0, 0.05) is 18.7 Å². The van der Waals surface area contributed by atoms with Crippen LogP contribution in [0, 0.1) is 0 Å². The van der Waals surface area contributed by atoms with Crippen LogP contribution >= 0.6 is 0 Å². The fourth-order valence-electron chi connectivity index (χ4n) is 1.91. The first kappa shape index (κ1) is 16.9. The van der Waals surface area contributed by atoms with Crippen molar-refractivity contribution in [3.63, 3.8) is 0 Å². The van der Waals surface area contributed by atoms with E-state index >= 15 is 0 Å². The number of nitrogens with one attached hydrogen (secondary N) is 1. The van der Waals surface area contributed by atoms with Crippen molar-refractivity contribution < 1.29 is 27.1 Å². The molecule has 0 fully saturated rings. The summed E-state index contributed by atoms with van der Waals surface area (Å²) in [6.45, 7) is 0.249. The van der Waals surface area contributed by atoms with Crippen LogP contribution in [0.25, 0.3) is 0 Å². The molecule has 1 N–H and O–H groups in total. The van der Waals surface area contributed by atoms with Gasteiger partial charge in [0.05, 0.1) is 6.26 Å². The summed E-state index contributed by atoms with van der Waals surface area (Å²) in [5.41, 5.74) is -0.0527.